The molecular formula is C15H21NO2. The molecule has 0 radical (unpaired) electrons. The Morgan fingerprint density at radius 2 is 1.89 bits per heavy atom. The fourth-order valence-corrected chi connectivity index (χ4v) is 1.91. The third-order valence-electron chi connectivity index (χ3n) is 2.94. The molecule has 0 unspecified atom stereocenters. The first kappa shape index (κ1) is 14.4. The van der Waals surface area contributed by atoms with E-state index < -0.39 is 5.92 Å². The van der Waals surface area contributed by atoms with Crippen molar-refractivity contribution < 1.29 is 9.59 Å². The van der Waals surface area contributed by atoms with E-state index in [9.17, 15) is 9.59 Å². The minimum Gasteiger partial charge on any atom is -0.355 e. The summed E-state index contributed by atoms with van der Waals surface area (Å²) in [6.07, 6.45) is 2.27. The van der Waals surface area contributed by atoms with E-state index in [-0.39, 0.29) is 11.7 Å². The number of Topliss-reactive ketones (excluding diaryl/α,β-unsaturated/α-hetero) is 1. The Morgan fingerprint density at radius 3 is 2.44 bits per heavy atom. The Bertz CT molecular complexity index is 387. The fraction of sp³-hybridized carbons (Fsp3) is 0.467. The molecule has 1 aromatic carbocycles. The number of amides is 1. The number of hydrogen-bond acceptors (Lipinski definition) is 2. The summed E-state index contributed by atoms with van der Waals surface area (Å²) in [6, 6.07) is 9.98. The Balaban J connectivity index is 2.38. The summed E-state index contributed by atoms with van der Waals surface area (Å²) < 4.78 is 0. The highest BCUT2D eigenvalue weighted by atomic mass is 16.2. The van der Waals surface area contributed by atoms with E-state index in [4.69, 9.17) is 0 Å². The van der Waals surface area contributed by atoms with Gasteiger partial charge in [0.1, 0.15) is 5.78 Å². The van der Waals surface area contributed by atoms with E-state index in [1.165, 1.54) is 12.5 Å². The largest absolute Gasteiger partial charge is 0.355 e. The van der Waals surface area contributed by atoms with Crippen LogP contribution in [-0.2, 0) is 16.0 Å². The van der Waals surface area contributed by atoms with Gasteiger partial charge in [0.25, 0.3) is 0 Å². The minimum atomic E-state index is -0.481. The molecule has 0 heterocycles. The topological polar surface area (TPSA) is 46.2 Å². The Kier molecular flexibility index (Phi) is 6.12. The van der Waals surface area contributed by atoms with E-state index in [0.29, 0.717) is 13.0 Å². The molecule has 0 aliphatic rings. The molecule has 1 amide bonds. The lowest BCUT2D eigenvalue weighted by molar-refractivity contribution is -0.133. The maximum Gasteiger partial charge on any atom is 0.230 e. The molecule has 0 aliphatic heterocycles. The molecule has 0 aromatic heterocycles. The van der Waals surface area contributed by atoms with Crippen molar-refractivity contribution in [3.05, 3.63) is 35.9 Å². The average molecular weight is 247 g/mol. The van der Waals surface area contributed by atoms with Gasteiger partial charge in [-0.25, -0.2) is 0 Å². The van der Waals surface area contributed by atoms with Crippen molar-refractivity contribution in [3.63, 3.8) is 0 Å². The number of benzene rings is 1. The number of carbonyl (C=O) groups excluding carboxylic acids is 2. The van der Waals surface area contributed by atoms with Gasteiger partial charge in [-0.1, -0.05) is 43.7 Å². The van der Waals surface area contributed by atoms with Gasteiger partial charge in [0.2, 0.25) is 5.91 Å². The average Bonchev–Trinajstić information content (AvgIpc) is 2.36. The number of carbonyl (C=O) groups is 2. The molecular weight excluding hydrogens is 226 g/mol. The Labute approximate surface area is 109 Å². The predicted molar refractivity (Wildman–Crippen MR) is 72.2 cm³/mol. The SMILES string of the molecule is CCC[C@H](C(C)=O)C(=O)NCCc1ccccc1. The molecule has 0 fully saturated rings. The highest BCUT2D eigenvalue weighted by Crippen LogP contribution is 2.08. The molecule has 0 bridgehead atoms. The first-order valence-electron chi connectivity index (χ1n) is 6.47. The molecule has 98 valence electrons. The zero-order valence-corrected chi connectivity index (χ0v) is 11.1. The van der Waals surface area contributed by atoms with E-state index in [1.807, 2.05) is 37.3 Å². The molecule has 0 saturated carbocycles. The van der Waals surface area contributed by atoms with Crippen LogP contribution in [-0.4, -0.2) is 18.2 Å². The second-order valence-corrected chi connectivity index (χ2v) is 4.48. The molecule has 0 saturated heterocycles. The van der Waals surface area contributed by atoms with Crippen molar-refractivity contribution in [1.29, 1.82) is 0 Å². The van der Waals surface area contributed by atoms with Crippen LogP contribution < -0.4 is 5.32 Å². The molecule has 0 aliphatic carbocycles. The molecule has 3 heteroatoms. The van der Waals surface area contributed by atoms with Crippen molar-refractivity contribution in [2.24, 2.45) is 5.92 Å². The normalized spacial score (nSPS) is 11.9. The maximum absolute atomic E-state index is 11.8. The standard InChI is InChI=1S/C15H21NO2/c1-3-7-14(12(2)17)15(18)16-11-10-13-8-5-4-6-9-13/h4-6,8-9,14H,3,7,10-11H2,1-2H3,(H,16,18)/t14-/m1/s1. The zero-order chi connectivity index (χ0) is 13.4. The van der Waals surface area contributed by atoms with Crippen LogP contribution in [0.25, 0.3) is 0 Å². The van der Waals surface area contributed by atoms with Gasteiger partial charge in [-0.3, -0.25) is 9.59 Å². The zero-order valence-electron chi connectivity index (χ0n) is 11.1. The summed E-state index contributed by atoms with van der Waals surface area (Å²) in [6.45, 7) is 4.04. The molecule has 18 heavy (non-hydrogen) atoms. The summed E-state index contributed by atoms with van der Waals surface area (Å²) in [5.41, 5.74) is 1.19. The van der Waals surface area contributed by atoms with Gasteiger partial charge in [-0.15, -0.1) is 0 Å². The third-order valence-corrected chi connectivity index (χ3v) is 2.94. The van der Waals surface area contributed by atoms with E-state index in [1.54, 1.807) is 0 Å². The summed E-state index contributed by atoms with van der Waals surface area (Å²) in [5.74, 6) is -0.667. The minimum absolute atomic E-state index is 0.0472. The quantitative estimate of drug-likeness (QED) is 0.752. The number of ketones is 1. The molecule has 1 N–H and O–H groups in total. The molecule has 1 atom stereocenters. The molecule has 0 spiro atoms. The summed E-state index contributed by atoms with van der Waals surface area (Å²) in [7, 11) is 0. The van der Waals surface area contributed by atoms with Gasteiger partial charge in [0, 0.05) is 6.54 Å². The molecule has 3 nitrogen and oxygen atoms in total. The monoisotopic (exact) mass is 247 g/mol. The van der Waals surface area contributed by atoms with Crippen LogP contribution in [0.5, 0.6) is 0 Å². The Hall–Kier alpha value is -1.64. The van der Waals surface area contributed by atoms with Crippen molar-refractivity contribution in [1.82, 2.24) is 5.32 Å². The predicted octanol–water partition coefficient (Wildman–Crippen LogP) is 2.35. The van der Waals surface area contributed by atoms with Crippen LogP contribution in [0.1, 0.15) is 32.3 Å². The van der Waals surface area contributed by atoms with Gasteiger partial charge in [-0.05, 0) is 25.3 Å². The van der Waals surface area contributed by atoms with Crippen molar-refractivity contribution in [2.75, 3.05) is 6.54 Å². The van der Waals surface area contributed by atoms with Gasteiger partial charge in [0.15, 0.2) is 0 Å². The van der Waals surface area contributed by atoms with Gasteiger partial charge >= 0.3 is 0 Å². The second kappa shape index (κ2) is 7.64. The van der Waals surface area contributed by atoms with Crippen molar-refractivity contribution in [3.8, 4) is 0 Å². The molecule has 1 aromatic rings. The smallest absolute Gasteiger partial charge is 0.230 e. The summed E-state index contributed by atoms with van der Waals surface area (Å²) in [5, 5.41) is 2.84. The highest BCUT2D eigenvalue weighted by Gasteiger charge is 2.21. The van der Waals surface area contributed by atoms with Crippen LogP contribution >= 0.6 is 0 Å². The number of rotatable bonds is 7. The number of nitrogens with one attached hydrogen (secondary N) is 1. The molecule has 1 rings (SSSR count). The van der Waals surface area contributed by atoms with E-state index in [2.05, 4.69) is 5.32 Å². The van der Waals surface area contributed by atoms with Crippen LogP contribution in [0.4, 0.5) is 0 Å². The van der Waals surface area contributed by atoms with Crippen molar-refractivity contribution >= 4 is 11.7 Å². The Morgan fingerprint density at radius 1 is 1.22 bits per heavy atom. The first-order valence-corrected chi connectivity index (χ1v) is 6.47. The van der Waals surface area contributed by atoms with Crippen LogP contribution in [0, 0.1) is 5.92 Å². The maximum atomic E-state index is 11.8. The van der Waals surface area contributed by atoms with Gasteiger partial charge in [0.05, 0.1) is 5.92 Å². The third kappa shape index (κ3) is 4.70. The highest BCUT2D eigenvalue weighted by molar-refractivity contribution is 6.00. The number of hydrogen-bond donors (Lipinski definition) is 1. The summed E-state index contributed by atoms with van der Waals surface area (Å²) in [4.78, 5) is 23.2. The van der Waals surface area contributed by atoms with E-state index in [0.717, 1.165) is 12.8 Å². The van der Waals surface area contributed by atoms with Crippen LogP contribution in [0.15, 0.2) is 30.3 Å². The lowest BCUT2D eigenvalue weighted by atomic mass is 9.98. The first-order chi connectivity index (χ1) is 8.65. The summed E-state index contributed by atoms with van der Waals surface area (Å²) >= 11 is 0. The van der Waals surface area contributed by atoms with Gasteiger partial charge < -0.3 is 5.32 Å². The lowest BCUT2D eigenvalue weighted by Gasteiger charge is -2.13. The fourth-order valence-electron chi connectivity index (χ4n) is 1.91. The second-order valence-electron chi connectivity index (χ2n) is 4.48. The van der Waals surface area contributed by atoms with Crippen molar-refractivity contribution in [2.45, 2.75) is 33.1 Å². The van der Waals surface area contributed by atoms with Gasteiger partial charge in [-0.2, -0.15) is 0 Å². The van der Waals surface area contributed by atoms with E-state index >= 15 is 0 Å². The van der Waals surface area contributed by atoms with Crippen LogP contribution in [0.2, 0.25) is 0 Å². The lowest BCUT2D eigenvalue weighted by Crippen LogP contribution is -2.35. The van der Waals surface area contributed by atoms with Crippen LogP contribution in [0.3, 0.4) is 0 Å².